The van der Waals surface area contributed by atoms with Gasteiger partial charge in [0.25, 0.3) is 6.71 Å². The van der Waals surface area contributed by atoms with Crippen LogP contribution in [0.2, 0.25) is 0 Å². The summed E-state index contributed by atoms with van der Waals surface area (Å²) in [6.45, 7) is 25.5. The topological polar surface area (TPSA) is 47.6 Å². The van der Waals surface area contributed by atoms with E-state index in [-0.39, 0.29) is 105 Å². The van der Waals surface area contributed by atoms with Gasteiger partial charge in [-0.05, 0) is 180 Å². The van der Waals surface area contributed by atoms with Crippen molar-refractivity contribution in [2.75, 3.05) is 9.80 Å². The van der Waals surface area contributed by atoms with Crippen LogP contribution in [0.15, 0.2) is 312 Å². The van der Waals surface area contributed by atoms with Crippen molar-refractivity contribution in [1.82, 2.24) is 13.7 Å². The van der Waals surface area contributed by atoms with Crippen molar-refractivity contribution in [3.05, 3.63) is 325 Å². The van der Waals surface area contributed by atoms with E-state index in [0.717, 1.165) is 66.0 Å². The predicted molar refractivity (Wildman–Crippen MR) is 484 cm³/mol. The minimum Gasteiger partial charge on any atom is -0.452 e. The molecule has 0 aliphatic carbocycles. The molecule has 0 spiro atoms. The van der Waals surface area contributed by atoms with E-state index in [1.54, 1.807) is 48.5 Å². The number of para-hydroxylation sites is 8. The molecule has 2 aliphatic rings. The minimum atomic E-state index is -0.881. The summed E-state index contributed by atoms with van der Waals surface area (Å²) in [5.74, 6) is 0. The zero-order valence-electron chi connectivity index (χ0n) is 85.9. The van der Waals surface area contributed by atoms with Crippen LogP contribution in [-0.2, 0) is 21.7 Å². The van der Waals surface area contributed by atoms with Gasteiger partial charge in [0, 0.05) is 76.6 Å². The molecule has 7 heterocycles. The summed E-state index contributed by atoms with van der Waals surface area (Å²) >= 11 is 0. The number of hydrogen-bond acceptors (Lipinski definition) is 4. The number of anilines is 6. The first kappa shape index (κ1) is 49.4. The van der Waals surface area contributed by atoms with Gasteiger partial charge in [0.1, 0.15) is 0 Å². The molecule has 0 atom stereocenters. The van der Waals surface area contributed by atoms with Crippen molar-refractivity contribution >= 4 is 167 Å². The largest absolute Gasteiger partial charge is 0.452 e. The zero-order valence-corrected chi connectivity index (χ0v) is 64.9. The third kappa shape index (κ3) is 10.1. The van der Waals surface area contributed by atoms with Crippen LogP contribution in [0.5, 0.6) is 0 Å². The molecule has 550 valence electrons. The Morgan fingerprint density at radius 1 is 0.254 bits per heavy atom. The van der Waals surface area contributed by atoms with E-state index in [2.05, 4.69) is 177 Å². The van der Waals surface area contributed by atoms with Gasteiger partial charge in [-0.2, -0.15) is 0 Å². The number of nitrogens with zero attached hydrogens (tertiary/aromatic N) is 5. The van der Waals surface area contributed by atoms with E-state index in [1.165, 1.54) is 20.3 Å². The number of rotatable bonds is 7. The second kappa shape index (κ2) is 24.2. The van der Waals surface area contributed by atoms with E-state index in [0.29, 0.717) is 61.3 Å². The highest BCUT2D eigenvalue weighted by Crippen LogP contribution is 2.53. The molecule has 0 unspecified atom stereocenters. The van der Waals surface area contributed by atoms with Gasteiger partial charge in [-0.15, -0.1) is 0 Å². The maximum Gasteiger partial charge on any atom is 0.252 e. The van der Waals surface area contributed by atoms with Crippen LogP contribution in [0.4, 0.5) is 34.1 Å². The molecule has 2 aliphatic heterocycles. The summed E-state index contributed by atoms with van der Waals surface area (Å²) in [4.78, 5) is 4.07. The fourth-order valence-corrected chi connectivity index (χ4v) is 17.9. The van der Waals surface area contributed by atoms with Gasteiger partial charge in [-0.25, -0.2) is 0 Å². The molecule has 22 rings (SSSR count). The second-order valence-electron chi connectivity index (χ2n) is 34.5. The quantitative estimate of drug-likeness (QED) is 0.149. The smallest absolute Gasteiger partial charge is 0.252 e. The third-order valence-electron chi connectivity index (χ3n) is 23.6. The molecule has 114 heavy (non-hydrogen) atoms. The zero-order chi connectivity index (χ0) is 95.6. The van der Waals surface area contributed by atoms with Crippen molar-refractivity contribution < 1.29 is 37.6 Å². The van der Waals surface area contributed by atoms with E-state index in [9.17, 15) is 21.9 Å². The number of fused-ring (bicyclic) bond motifs is 19. The Morgan fingerprint density at radius 3 is 1.03 bits per heavy atom. The molecule has 7 nitrogen and oxygen atoms in total. The molecule has 0 radical (unpaired) electrons. The molecular formula is C106H86BN5O2. The van der Waals surface area contributed by atoms with Gasteiger partial charge in [-0.3, -0.25) is 0 Å². The van der Waals surface area contributed by atoms with E-state index < -0.39 is 134 Å². The standard InChI is InChI=1S/C106H86BN5O2/c1-103(2,3)67-48-52-88-80(59-67)81-60-68(104(4,5)6)49-53-89(81)110(88)91-43-25-35-77-79-37-27-45-93(102(79)114-100(77)91)112-95-57-65(66-54-69(105(7,8)9)58-70(55-66)106(10,11)12)47-51-83(95)107-82-50-46-64(63-28-14-13-15-29-63)56-94(82)111(96-61-71(62-97(112)98(96)107)108-84-38-20-16-30-72(84)73-31-17-21-39-85(73)108)92-44-26-36-78-76-34-24-42-90(99(76)113-101(78)92)109-86-40-22-18-32-74(86)75-33-19-23-41-87(75)109/h13-62H,1-12H3/i13D,14D,15D,16D,17D,18D,19D,20D,21D,22D,23D,28D,29D,30D,31D,32D,33D,38D,39D,40D,41D. The summed E-state index contributed by atoms with van der Waals surface area (Å²) < 4.78 is 220. The number of hydrogen-bond donors (Lipinski definition) is 0. The van der Waals surface area contributed by atoms with E-state index in [1.807, 2.05) is 47.4 Å². The van der Waals surface area contributed by atoms with Crippen molar-refractivity contribution in [2.45, 2.75) is 105 Å². The van der Waals surface area contributed by atoms with Crippen molar-refractivity contribution in [3.8, 4) is 39.3 Å². The molecule has 0 N–H and O–H groups in total. The third-order valence-corrected chi connectivity index (χ3v) is 23.6. The van der Waals surface area contributed by atoms with E-state index >= 15 is 0 Å². The fraction of sp³-hybridized carbons (Fsp3) is 0.151. The molecule has 0 amide bonds. The van der Waals surface area contributed by atoms with Crippen molar-refractivity contribution in [2.24, 2.45) is 0 Å². The lowest BCUT2D eigenvalue weighted by molar-refractivity contribution is 0.569. The Hall–Kier alpha value is -13.0. The summed E-state index contributed by atoms with van der Waals surface area (Å²) in [5, 5.41) is 3.82. The lowest BCUT2D eigenvalue weighted by atomic mass is 9.33. The molecule has 0 fully saturated rings. The monoisotopic (exact) mass is 1490 g/mol. The predicted octanol–water partition coefficient (Wildman–Crippen LogP) is 27.4. The molecule has 0 saturated carbocycles. The Kier molecular flexibility index (Phi) is 10.5. The average Bonchev–Trinajstić information content (AvgIpc) is 1.65. The molecular weight excluding hydrogens is 1390 g/mol. The number of furan rings is 2. The normalized spacial score (nSPS) is 16.0. The van der Waals surface area contributed by atoms with Crippen LogP contribution in [0.1, 0.15) is 134 Å². The summed E-state index contributed by atoms with van der Waals surface area (Å²) in [6.07, 6.45) is 0. The Labute approximate surface area is 693 Å². The average molecular weight is 1490 g/mol. The summed E-state index contributed by atoms with van der Waals surface area (Å²) in [7, 11) is 0. The first-order chi connectivity index (χ1) is 63.8. The summed E-state index contributed by atoms with van der Waals surface area (Å²) in [5.41, 5.74) is 13.1. The fourth-order valence-electron chi connectivity index (χ4n) is 17.9. The highest BCUT2D eigenvalue weighted by molar-refractivity contribution is 7.00. The first-order valence-electron chi connectivity index (χ1n) is 49.1. The summed E-state index contributed by atoms with van der Waals surface area (Å²) in [6, 6.07) is 46.0. The van der Waals surface area contributed by atoms with Crippen LogP contribution >= 0.6 is 0 Å². The van der Waals surface area contributed by atoms with Gasteiger partial charge in [0.2, 0.25) is 0 Å². The minimum absolute atomic E-state index is 0.0917. The lowest BCUT2D eigenvalue weighted by Crippen LogP contribution is -2.61. The first-order valence-corrected chi connectivity index (χ1v) is 38.6. The van der Waals surface area contributed by atoms with Crippen LogP contribution in [0, 0.1) is 0 Å². The SMILES string of the molecule is [2H]c1c([2H])c([2H])c(-c2ccc3c(c2)N(c2cccc4c2oc2c(-n5c6c([2H])c([2H])c([2H])c([2H])c6c6c([2H])c([2H])c([2H])c([2H])c65)cccc24)c2cc(-n4c5c([2H])c([2H])c([2H])c([2H])c5c5c([2H])c([2H])c([2H])c([2H])c54)cc4c2B3c2ccc(-c3cc(C(C)(C)C)cc(C(C)(C)C)c3)cc2N4c2cccc3c2oc2c(-n4c5ccc(C(C)(C)C)cc5c5cc(C(C)(C)C)ccc54)cccc23)c([2H])c1[2H]. The van der Waals surface area contributed by atoms with Crippen LogP contribution in [-0.4, -0.2) is 20.4 Å². The van der Waals surface area contributed by atoms with Crippen LogP contribution in [0.3, 0.4) is 0 Å². The van der Waals surface area contributed by atoms with E-state index in [4.69, 9.17) is 15.7 Å². The molecule has 5 aromatic heterocycles. The van der Waals surface area contributed by atoms with Crippen molar-refractivity contribution in [3.63, 3.8) is 0 Å². The molecule has 15 aromatic carbocycles. The lowest BCUT2D eigenvalue weighted by Gasteiger charge is -2.44. The van der Waals surface area contributed by atoms with Gasteiger partial charge in [-0.1, -0.05) is 289 Å². The van der Waals surface area contributed by atoms with Gasteiger partial charge in [0.15, 0.2) is 22.3 Å². The highest BCUT2D eigenvalue weighted by Gasteiger charge is 2.46. The Bertz CT molecular complexity index is 8570. The molecule has 8 heteroatoms. The maximum absolute atomic E-state index is 10.2. The highest BCUT2D eigenvalue weighted by atomic mass is 16.3. The number of aromatic nitrogens is 3. The Balaban J connectivity index is 0.916. The van der Waals surface area contributed by atoms with Gasteiger partial charge in [0.05, 0.1) is 90.3 Å². The second-order valence-corrected chi connectivity index (χ2v) is 34.5. The molecule has 20 aromatic rings. The number of benzene rings is 15. The van der Waals surface area contributed by atoms with Crippen LogP contribution < -0.4 is 26.2 Å². The maximum atomic E-state index is 10.2. The van der Waals surface area contributed by atoms with Gasteiger partial charge < -0.3 is 32.3 Å². The van der Waals surface area contributed by atoms with Crippen molar-refractivity contribution in [1.29, 1.82) is 0 Å². The molecule has 0 bridgehead atoms. The van der Waals surface area contributed by atoms with Gasteiger partial charge >= 0.3 is 0 Å². The molecule has 0 saturated heterocycles. The van der Waals surface area contributed by atoms with Crippen LogP contribution in [0.25, 0.3) is 149 Å². The Morgan fingerprint density at radius 2 is 0.614 bits per heavy atom.